The van der Waals surface area contributed by atoms with Crippen LogP contribution in [0, 0.1) is 0 Å². The third-order valence-electron chi connectivity index (χ3n) is 2.20. The number of hydrogen-bond acceptors (Lipinski definition) is 4. The van der Waals surface area contributed by atoms with Gasteiger partial charge in [0.05, 0.1) is 6.17 Å². The van der Waals surface area contributed by atoms with Crippen molar-refractivity contribution < 1.29 is 23.1 Å². The van der Waals surface area contributed by atoms with Crippen molar-refractivity contribution in [2.45, 2.75) is 18.6 Å². The first-order valence-corrected chi connectivity index (χ1v) is 4.88. The molecule has 1 aromatic rings. The fourth-order valence-corrected chi connectivity index (χ4v) is 1.22. The number of primary amides is 1. The summed E-state index contributed by atoms with van der Waals surface area (Å²) in [6, 6.07) is 5.36. The summed E-state index contributed by atoms with van der Waals surface area (Å²) >= 11 is 0. The SMILES string of the molecule is NC(=O)c1ccc(C(N)NC(O)C(F)(F)F)cc1. The molecule has 6 N–H and O–H groups in total. The van der Waals surface area contributed by atoms with Crippen LogP contribution in [0.25, 0.3) is 0 Å². The minimum atomic E-state index is -4.80. The summed E-state index contributed by atoms with van der Waals surface area (Å²) in [5.41, 5.74) is 10.9. The molecule has 0 aliphatic carbocycles. The van der Waals surface area contributed by atoms with E-state index in [4.69, 9.17) is 16.6 Å². The van der Waals surface area contributed by atoms with Crippen LogP contribution < -0.4 is 16.8 Å². The number of nitrogens with two attached hydrogens (primary N) is 2. The van der Waals surface area contributed by atoms with Gasteiger partial charge in [0.25, 0.3) is 0 Å². The average Bonchev–Trinajstić information content (AvgIpc) is 2.27. The van der Waals surface area contributed by atoms with Gasteiger partial charge in [-0.15, -0.1) is 0 Å². The van der Waals surface area contributed by atoms with Crippen LogP contribution in [0.15, 0.2) is 24.3 Å². The van der Waals surface area contributed by atoms with Crippen molar-refractivity contribution in [1.82, 2.24) is 5.32 Å². The molecule has 0 aliphatic rings. The maximum Gasteiger partial charge on any atom is 0.428 e. The molecule has 0 aromatic heterocycles. The third-order valence-corrected chi connectivity index (χ3v) is 2.20. The minimum absolute atomic E-state index is 0.210. The molecule has 0 spiro atoms. The van der Waals surface area contributed by atoms with Crippen LogP contribution in [-0.4, -0.2) is 23.4 Å². The van der Waals surface area contributed by atoms with Gasteiger partial charge in [-0.1, -0.05) is 12.1 Å². The van der Waals surface area contributed by atoms with E-state index in [1.54, 1.807) is 5.32 Å². The summed E-state index contributed by atoms with van der Waals surface area (Å²) in [6.45, 7) is 0. The standard InChI is InChI=1S/C10H12F3N3O2/c11-10(12,13)9(18)16-7(14)5-1-3-6(4-2-5)8(15)17/h1-4,7,9,16,18H,14H2,(H2,15,17). The highest BCUT2D eigenvalue weighted by molar-refractivity contribution is 5.92. The van der Waals surface area contributed by atoms with Crippen molar-refractivity contribution >= 4 is 5.91 Å². The van der Waals surface area contributed by atoms with Crippen LogP contribution in [0.4, 0.5) is 13.2 Å². The fraction of sp³-hybridized carbons (Fsp3) is 0.300. The second kappa shape index (κ2) is 5.34. The second-order valence-electron chi connectivity index (χ2n) is 3.57. The summed E-state index contributed by atoms with van der Waals surface area (Å²) < 4.78 is 36.2. The van der Waals surface area contributed by atoms with E-state index in [1.807, 2.05) is 0 Å². The van der Waals surface area contributed by atoms with Crippen LogP contribution in [0.1, 0.15) is 22.1 Å². The molecule has 1 amide bonds. The molecular weight excluding hydrogens is 251 g/mol. The van der Waals surface area contributed by atoms with E-state index in [2.05, 4.69) is 0 Å². The summed E-state index contributed by atoms with van der Waals surface area (Å²) in [5.74, 6) is -0.654. The van der Waals surface area contributed by atoms with E-state index in [9.17, 15) is 18.0 Å². The van der Waals surface area contributed by atoms with E-state index in [0.29, 0.717) is 0 Å². The monoisotopic (exact) mass is 263 g/mol. The normalized spacial score (nSPS) is 15.2. The lowest BCUT2D eigenvalue weighted by Crippen LogP contribution is -2.46. The largest absolute Gasteiger partial charge is 0.428 e. The van der Waals surface area contributed by atoms with Gasteiger partial charge < -0.3 is 16.6 Å². The van der Waals surface area contributed by atoms with Crippen LogP contribution in [0.2, 0.25) is 0 Å². The smallest absolute Gasteiger partial charge is 0.370 e. The predicted octanol–water partition coefficient (Wildman–Crippen LogP) is 0.213. The van der Waals surface area contributed by atoms with Gasteiger partial charge in [0.15, 0.2) is 0 Å². The zero-order valence-corrected chi connectivity index (χ0v) is 9.11. The first kappa shape index (κ1) is 14.4. The summed E-state index contributed by atoms with van der Waals surface area (Å²) in [6.07, 6.45) is -8.74. The number of aliphatic hydroxyl groups excluding tert-OH is 1. The molecule has 2 unspecified atom stereocenters. The van der Waals surface area contributed by atoms with Gasteiger partial charge in [0.1, 0.15) is 0 Å². The van der Waals surface area contributed by atoms with Crippen LogP contribution in [-0.2, 0) is 0 Å². The van der Waals surface area contributed by atoms with Gasteiger partial charge in [0, 0.05) is 5.56 Å². The molecule has 0 aliphatic heterocycles. The minimum Gasteiger partial charge on any atom is -0.370 e. The molecule has 0 bridgehead atoms. The summed E-state index contributed by atoms with van der Waals surface area (Å²) in [7, 11) is 0. The first-order chi connectivity index (χ1) is 8.21. The molecule has 0 saturated heterocycles. The Labute approximate surface area is 101 Å². The Morgan fingerprint density at radius 2 is 1.78 bits per heavy atom. The van der Waals surface area contributed by atoms with Crippen LogP contribution in [0.5, 0.6) is 0 Å². The second-order valence-corrected chi connectivity index (χ2v) is 3.57. The van der Waals surface area contributed by atoms with E-state index in [-0.39, 0.29) is 11.1 Å². The molecule has 1 rings (SSSR count). The molecule has 100 valence electrons. The fourth-order valence-electron chi connectivity index (χ4n) is 1.22. The number of carbonyl (C=O) groups is 1. The highest BCUT2D eigenvalue weighted by Gasteiger charge is 2.39. The van der Waals surface area contributed by atoms with E-state index in [0.717, 1.165) is 0 Å². The Hall–Kier alpha value is -1.64. The molecular formula is C10H12F3N3O2. The lowest BCUT2D eigenvalue weighted by atomic mass is 10.1. The van der Waals surface area contributed by atoms with E-state index >= 15 is 0 Å². The van der Waals surface area contributed by atoms with Gasteiger partial charge in [-0.3, -0.25) is 10.1 Å². The third kappa shape index (κ3) is 3.69. The molecule has 18 heavy (non-hydrogen) atoms. The maximum absolute atomic E-state index is 12.1. The van der Waals surface area contributed by atoms with E-state index in [1.165, 1.54) is 24.3 Å². The topological polar surface area (TPSA) is 101 Å². The van der Waals surface area contributed by atoms with Crippen molar-refractivity contribution in [3.63, 3.8) is 0 Å². The number of amides is 1. The Morgan fingerprint density at radius 3 is 2.17 bits per heavy atom. The average molecular weight is 263 g/mol. The van der Waals surface area contributed by atoms with Crippen LogP contribution >= 0.6 is 0 Å². The van der Waals surface area contributed by atoms with Gasteiger partial charge in [0.2, 0.25) is 12.1 Å². The maximum atomic E-state index is 12.1. The Bertz CT molecular complexity index is 419. The lowest BCUT2D eigenvalue weighted by Gasteiger charge is -2.21. The van der Waals surface area contributed by atoms with Gasteiger partial charge >= 0.3 is 6.18 Å². The lowest BCUT2D eigenvalue weighted by molar-refractivity contribution is -0.216. The Balaban J connectivity index is 2.73. The van der Waals surface area contributed by atoms with Crippen molar-refractivity contribution in [3.05, 3.63) is 35.4 Å². The zero-order valence-electron chi connectivity index (χ0n) is 9.11. The van der Waals surface area contributed by atoms with Gasteiger partial charge in [-0.2, -0.15) is 13.2 Å². The number of alkyl halides is 3. The zero-order chi connectivity index (χ0) is 13.9. The molecule has 0 fully saturated rings. The van der Waals surface area contributed by atoms with Crippen molar-refractivity contribution in [2.24, 2.45) is 11.5 Å². The Kier molecular flexibility index (Phi) is 4.28. The number of carbonyl (C=O) groups excluding carboxylic acids is 1. The van der Waals surface area contributed by atoms with Crippen molar-refractivity contribution in [3.8, 4) is 0 Å². The predicted molar refractivity (Wildman–Crippen MR) is 57.1 cm³/mol. The molecule has 5 nitrogen and oxygen atoms in total. The summed E-state index contributed by atoms with van der Waals surface area (Å²) in [4.78, 5) is 10.8. The Morgan fingerprint density at radius 1 is 1.28 bits per heavy atom. The number of hydrogen-bond donors (Lipinski definition) is 4. The highest BCUT2D eigenvalue weighted by atomic mass is 19.4. The van der Waals surface area contributed by atoms with Crippen LogP contribution in [0.3, 0.4) is 0 Å². The number of halogens is 3. The summed E-state index contributed by atoms with van der Waals surface area (Å²) in [5, 5.41) is 10.5. The van der Waals surface area contributed by atoms with Gasteiger partial charge in [-0.25, -0.2) is 0 Å². The molecule has 2 atom stereocenters. The molecule has 1 aromatic carbocycles. The van der Waals surface area contributed by atoms with Crippen molar-refractivity contribution in [2.75, 3.05) is 0 Å². The molecule has 8 heteroatoms. The number of rotatable bonds is 4. The number of aliphatic hydroxyl groups is 1. The quantitative estimate of drug-likeness (QED) is 0.583. The van der Waals surface area contributed by atoms with Crippen molar-refractivity contribution in [1.29, 1.82) is 0 Å². The molecule has 0 heterocycles. The van der Waals surface area contributed by atoms with E-state index < -0.39 is 24.5 Å². The molecule has 0 saturated carbocycles. The van der Waals surface area contributed by atoms with Gasteiger partial charge in [-0.05, 0) is 17.7 Å². The number of nitrogens with one attached hydrogen (secondary N) is 1. The highest BCUT2D eigenvalue weighted by Crippen LogP contribution is 2.20. The number of benzene rings is 1. The molecule has 0 radical (unpaired) electrons. The first-order valence-electron chi connectivity index (χ1n) is 4.88.